The highest BCUT2D eigenvalue weighted by atomic mass is 16.2. The van der Waals surface area contributed by atoms with Crippen molar-refractivity contribution in [1.29, 1.82) is 0 Å². The van der Waals surface area contributed by atoms with Crippen molar-refractivity contribution in [3.63, 3.8) is 0 Å². The number of carbonyl (C=O) groups excluding carboxylic acids is 1. The molecule has 50 valence electrons. The lowest BCUT2D eigenvalue weighted by atomic mass is 10.7. The maximum Gasteiger partial charge on any atom is 0.347 e. The van der Waals surface area contributed by atoms with Gasteiger partial charge in [0.05, 0.1) is 6.67 Å². The van der Waals surface area contributed by atoms with Gasteiger partial charge in [0.1, 0.15) is 0 Å². The number of rotatable bonds is 0. The number of urea groups is 1. The summed E-state index contributed by atoms with van der Waals surface area (Å²) in [4.78, 5) is 15.5. The van der Waals surface area contributed by atoms with Crippen LogP contribution in [-0.4, -0.2) is 30.6 Å². The average molecular weight is 128 g/mol. The fourth-order valence-electron chi connectivity index (χ4n) is 0.495. The van der Waals surface area contributed by atoms with E-state index in [1.165, 1.54) is 4.90 Å². The minimum Gasteiger partial charge on any atom is -0.369 e. The molecule has 0 aliphatic carbocycles. The van der Waals surface area contributed by atoms with Gasteiger partial charge in [-0.25, -0.2) is 4.79 Å². The van der Waals surface area contributed by atoms with E-state index in [0.717, 1.165) is 0 Å². The molecule has 3 N–H and O–H groups in total. The Balaban J connectivity index is 2.70. The smallest absolute Gasteiger partial charge is 0.347 e. The van der Waals surface area contributed by atoms with Gasteiger partial charge in [-0.3, -0.25) is 0 Å². The molecule has 0 saturated carbocycles. The van der Waals surface area contributed by atoms with Crippen molar-refractivity contribution in [2.24, 2.45) is 10.7 Å². The summed E-state index contributed by atoms with van der Waals surface area (Å²) in [6, 6.07) is -0.300. The van der Waals surface area contributed by atoms with Crippen LogP contribution < -0.4 is 11.1 Å². The van der Waals surface area contributed by atoms with E-state index in [0.29, 0.717) is 6.67 Å². The molecule has 0 unspecified atom stereocenters. The minimum atomic E-state index is -0.300. The van der Waals surface area contributed by atoms with Crippen molar-refractivity contribution in [1.82, 2.24) is 10.2 Å². The number of nitrogens with two attached hydrogens (primary N) is 1. The predicted octanol–water partition coefficient (Wildman–Crippen LogP) is -1.09. The monoisotopic (exact) mass is 128 g/mol. The lowest BCUT2D eigenvalue weighted by Gasteiger charge is -2.19. The largest absolute Gasteiger partial charge is 0.369 e. The fourth-order valence-corrected chi connectivity index (χ4v) is 0.495. The van der Waals surface area contributed by atoms with Crippen molar-refractivity contribution in [3.05, 3.63) is 0 Å². The van der Waals surface area contributed by atoms with Crippen LogP contribution in [-0.2, 0) is 0 Å². The van der Waals surface area contributed by atoms with Crippen molar-refractivity contribution >= 4 is 12.0 Å². The fraction of sp³-hybridized carbons (Fsp3) is 0.500. The van der Waals surface area contributed by atoms with Crippen molar-refractivity contribution in [2.75, 3.05) is 13.7 Å². The van der Waals surface area contributed by atoms with E-state index in [1.54, 1.807) is 7.05 Å². The molecule has 0 aromatic rings. The van der Waals surface area contributed by atoms with E-state index < -0.39 is 0 Å². The number of carbonyl (C=O) groups is 1. The molecule has 1 heterocycles. The van der Waals surface area contributed by atoms with Crippen LogP contribution in [0.15, 0.2) is 4.99 Å². The zero-order valence-corrected chi connectivity index (χ0v) is 5.09. The molecule has 5 heteroatoms. The topological polar surface area (TPSA) is 70.7 Å². The van der Waals surface area contributed by atoms with Gasteiger partial charge in [-0.1, -0.05) is 0 Å². The number of guanidine groups is 1. The Morgan fingerprint density at radius 1 is 1.89 bits per heavy atom. The molecule has 9 heavy (non-hydrogen) atoms. The van der Waals surface area contributed by atoms with Crippen LogP contribution >= 0.6 is 0 Å². The highest BCUT2D eigenvalue weighted by Gasteiger charge is 2.11. The molecule has 0 fully saturated rings. The van der Waals surface area contributed by atoms with Crippen LogP contribution in [0.2, 0.25) is 0 Å². The third-order valence-corrected chi connectivity index (χ3v) is 1.04. The Hall–Kier alpha value is -1.26. The van der Waals surface area contributed by atoms with Crippen LogP contribution in [0.4, 0.5) is 4.79 Å². The van der Waals surface area contributed by atoms with Crippen LogP contribution in [0.5, 0.6) is 0 Å². The van der Waals surface area contributed by atoms with E-state index in [2.05, 4.69) is 10.3 Å². The highest BCUT2D eigenvalue weighted by molar-refractivity contribution is 5.93. The standard InChI is InChI=1S/C4H8N4O/c1-8-2-6-3(5)7-4(8)9/h2H2,1H3,(H3,5,6,7,9). The first-order valence-electron chi connectivity index (χ1n) is 2.53. The van der Waals surface area contributed by atoms with Gasteiger partial charge in [-0.2, -0.15) is 4.99 Å². The summed E-state index contributed by atoms with van der Waals surface area (Å²) in [5.41, 5.74) is 5.18. The quantitative estimate of drug-likeness (QED) is 0.435. The SMILES string of the molecule is CN1CNC(N)=NC1=O. The molecular formula is C4H8N4O. The molecule has 0 radical (unpaired) electrons. The van der Waals surface area contributed by atoms with E-state index in [-0.39, 0.29) is 12.0 Å². The molecule has 0 spiro atoms. The molecule has 0 aromatic carbocycles. The third kappa shape index (κ3) is 1.10. The summed E-state index contributed by atoms with van der Waals surface area (Å²) in [5.74, 6) is 0.193. The molecule has 0 saturated heterocycles. The molecule has 0 bridgehead atoms. The highest BCUT2D eigenvalue weighted by Crippen LogP contribution is 1.90. The number of aliphatic imine (C=N–C) groups is 1. The maximum atomic E-state index is 10.6. The van der Waals surface area contributed by atoms with Crippen molar-refractivity contribution in [2.45, 2.75) is 0 Å². The molecule has 1 rings (SSSR count). The summed E-state index contributed by atoms with van der Waals surface area (Å²) >= 11 is 0. The van der Waals surface area contributed by atoms with Crippen LogP contribution in [0.25, 0.3) is 0 Å². The minimum absolute atomic E-state index is 0.193. The first-order valence-corrected chi connectivity index (χ1v) is 2.53. The van der Waals surface area contributed by atoms with Crippen LogP contribution in [0.3, 0.4) is 0 Å². The average Bonchev–Trinajstić information content (AvgIpc) is 1.80. The Bertz CT molecular complexity index is 164. The van der Waals surface area contributed by atoms with E-state index in [9.17, 15) is 4.79 Å². The molecule has 1 aliphatic heterocycles. The first kappa shape index (κ1) is 5.87. The predicted molar refractivity (Wildman–Crippen MR) is 32.8 cm³/mol. The lowest BCUT2D eigenvalue weighted by molar-refractivity contribution is 0.215. The molecule has 0 atom stereocenters. The zero-order chi connectivity index (χ0) is 6.85. The first-order chi connectivity index (χ1) is 4.20. The summed E-state index contributed by atoms with van der Waals surface area (Å²) in [6.07, 6.45) is 0. The van der Waals surface area contributed by atoms with E-state index in [1.807, 2.05) is 0 Å². The summed E-state index contributed by atoms with van der Waals surface area (Å²) in [7, 11) is 1.64. The second kappa shape index (κ2) is 1.93. The molecule has 0 aromatic heterocycles. The second-order valence-corrected chi connectivity index (χ2v) is 1.81. The van der Waals surface area contributed by atoms with Gasteiger partial charge < -0.3 is 16.0 Å². The number of nitrogens with zero attached hydrogens (tertiary/aromatic N) is 2. The van der Waals surface area contributed by atoms with Crippen molar-refractivity contribution < 1.29 is 4.79 Å². The van der Waals surface area contributed by atoms with Gasteiger partial charge in [0.25, 0.3) is 0 Å². The third-order valence-electron chi connectivity index (χ3n) is 1.04. The zero-order valence-electron chi connectivity index (χ0n) is 5.09. The Morgan fingerprint density at radius 3 is 3.00 bits per heavy atom. The van der Waals surface area contributed by atoms with Gasteiger partial charge >= 0.3 is 6.03 Å². The van der Waals surface area contributed by atoms with Gasteiger partial charge in [0.2, 0.25) is 0 Å². The Kier molecular flexibility index (Phi) is 1.26. The van der Waals surface area contributed by atoms with Gasteiger partial charge in [-0.15, -0.1) is 0 Å². The molecule has 1 aliphatic rings. The van der Waals surface area contributed by atoms with E-state index in [4.69, 9.17) is 5.73 Å². The second-order valence-electron chi connectivity index (χ2n) is 1.81. The Morgan fingerprint density at radius 2 is 2.56 bits per heavy atom. The molecular weight excluding hydrogens is 120 g/mol. The summed E-state index contributed by atoms with van der Waals surface area (Å²) in [5, 5.41) is 2.70. The van der Waals surface area contributed by atoms with Crippen LogP contribution in [0.1, 0.15) is 0 Å². The number of nitrogens with one attached hydrogen (secondary N) is 1. The number of amides is 2. The maximum absolute atomic E-state index is 10.6. The molecule has 2 amide bonds. The normalized spacial score (nSPS) is 19.0. The van der Waals surface area contributed by atoms with Crippen molar-refractivity contribution in [3.8, 4) is 0 Å². The lowest BCUT2D eigenvalue weighted by Crippen LogP contribution is -2.46. The van der Waals surface area contributed by atoms with Gasteiger partial charge in [-0.05, 0) is 0 Å². The summed E-state index contributed by atoms with van der Waals surface area (Å²) in [6.45, 7) is 0.439. The van der Waals surface area contributed by atoms with Gasteiger partial charge in [0, 0.05) is 7.05 Å². The Labute approximate surface area is 52.5 Å². The number of hydrogen-bond donors (Lipinski definition) is 2. The van der Waals surface area contributed by atoms with E-state index >= 15 is 0 Å². The number of hydrogen-bond acceptors (Lipinski definition) is 3. The summed E-state index contributed by atoms with van der Waals surface area (Å²) < 4.78 is 0. The van der Waals surface area contributed by atoms with Crippen LogP contribution in [0, 0.1) is 0 Å². The van der Waals surface area contributed by atoms with Gasteiger partial charge in [0.15, 0.2) is 5.96 Å². The molecule has 5 nitrogen and oxygen atoms in total.